The summed E-state index contributed by atoms with van der Waals surface area (Å²) in [4.78, 5) is 38.4. The van der Waals surface area contributed by atoms with Crippen molar-refractivity contribution in [2.45, 2.75) is 31.7 Å². The summed E-state index contributed by atoms with van der Waals surface area (Å²) >= 11 is 0. The van der Waals surface area contributed by atoms with Crippen molar-refractivity contribution in [3.05, 3.63) is 59.4 Å². The number of ketones is 1. The molecule has 1 aliphatic carbocycles. The van der Waals surface area contributed by atoms with Gasteiger partial charge in [0.15, 0.2) is 0 Å². The molecule has 0 bridgehead atoms. The van der Waals surface area contributed by atoms with E-state index in [1.54, 1.807) is 30.0 Å². The lowest BCUT2D eigenvalue weighted by Gasteiger charge is -2.47. The highest BCUT2D eigenvalue weighted by molar-refractivity contribution is 5.93. The first kappa shape index (κ1) is 20.9. The predicted octanol–water partition coefficient (Wildman–Crippen LogP) is 2.69. The second-order valence-corrected chi connectivity index (χ2v) is 7.66. The number of likely N-dealkylation sites (tertiary alicyclic amines) is 1. The van der Waals surface area contributed by atoms with Crippen LogP contribution in [0.15, 0.2) is 48.1 Å². The molecule has 1 fully saturated rings. The van der Waals surface area contributed by atoms with E-state index in [0.29, 0.717) is 24.9 Å². The summed E-state index contributed by atoms with van der Waals surface area (Å²) < 4.78 is 13.9. The summed E-state index contributed by atoms with van der Waals surface area (Å²) in [6, 6.07) is 6.12. The molecule has 0 spiro atoms. The van der Waals surface area contributed by atoms with Crippen molar-refractivity contribution in [2.75, 3.05) is 13.1 Å². The lowest BCUT2D eigenvalue weighted by molar-refractivity contribution is -0.153. The van der Waals surface area contributed by atoms with Crippen LogP contribution in [0.4, 0.5) is 4.39 Å². The minimum absolute atomic E-state index is 0.0229. The Balaban J connectivity index is 1.83. The summed E-state index contributed by atoms with van der Waals surface area (Å²) in [6.45, 7) is 2.22. The lowest BCUT2D eigenvalue weighted by atomic mass is 9.73. The number of carbonyl (C=O) groups excluding carboxylic acids is 1. The third-order valence-corrected chi connectivity index (χ3v) is 6.06. The third kappa shape index (κ3) is 3.87. The Hall–Kier alpha value is -2.80. The fourth-order valence-corrected chi connectivity index (χ4v) is 4.40. The van der Waals surface area contributed by atoms with Crippen molar-refractivity contribution in [1.82, 2.24) is 4.90 Å². The van der Waals surface area contributed by atoms with E-state index in [2.05, 4.69) is 0 Å². The number of rotatable bonds is 6. The molecular formula is C22H24FNO5. The van der Waals surface area contributed by atoms with Crippen LogP contribution in [-0.2, 0) is 20.8 Å². The van der Waals surface area contributed by atoms with E-state index in [1.165, 1.54) is 24.3 Å². The smallest absolute Gasteiger partial charge is 0.331 e. The largest absolute Gasteiger partial charge is 0.480 e. The highest BCUT2D eigenvalue weighted by atomic mass is 19.1. The minimum Gasteiger partial charge on any atom is -0.480 e. The molecule has 3 unspecified atom stereocenters. The first-order chi connectivity index (χ1) is 13.8. The Morgan fingerprint density at radius 3 is 2.62 bits per heavy atom. The van der Waals surface area contributed by atoms with Gasteiger partial charge >= 0.3 is 11.9 Å². The number of aliphatic carboxylic acids is 2. The minimum atomic E-state index is -1.53. The van der Waals surface area contributed by atoms with Crippen molar-refractivity contribution in [3.8, 4) is 0 Å². The van der Waals surface area contributed by atoms with Crippen LogP contribution in [0.1, 0.15) is 25.3 Å². The number of carboxylic acids is 2. The summed E-state index contributed by atoms with van der Waals surface area (Å²) in [5, 5.41) is 19.5. The fourth-order valence-electron chi connectivity index (χ4n) is 4.40. The van der Waals surface area contributed by atoms with Crippen molar-refractivity contribution >= 4 is 17.7 Å². The van der Waals surface area contributed by atoms with Crippen LogP contribution >= 0.6 is 0 Å². The zero-order chi connectivity index (χ0) is 21.2. The van der Waals surface area contributed by atoms with Gasteiger partial charge in [0.1, 0.15) is 17.1 Å². The Labute approximate surface area is 168 Å². The molecule has 0 saturated carbocycles. The molecule has 0 radical (unpaired) electrons. The van der Waals surface area contributed by atoms with Crippen LogP contribution in [0.2, 0.25) is 0 Å². The van der Waals surface area contributed by atoms with Gasteiger partial charge in [-0.3, -0.25) is 9.69 Å². The molecule has 3 rings (SSSR count). The van der Waals surface area contributed by atoms with Gasteiger partial charge in [0.2, 0.25) is 0 Å². The maximum Gasteiger partial charge on any atom is 0.331 e. The number of benzene rings is 1. The van der Waals surface area contributed by atoms with E-state index in [9.17, 15) is 29.0 Å². The quantitative estimate of drug-likeness (QED) is 0.761. The van der Waals surface area contributed by atoms with Gasteiger partial charge in [0.25, 0.3) is 0 Å². The molecule has 29 heavy (non-hydrogen) atoms. The molecule has 1 aromatic carbocycles. The van der Waals surface area contributed by atoms with Crippen LogP contribution < -0.4 is 0 Å². The average molecular weight is 401 g/mol. The number of hydrogen-bond donors (Lipinski definition) is 2. The Bertz CT molecular complexity index is 893. The third-order valence-electron chi connectivity index (χ3n) is 6.06. The summed E-state index contributed by atoms with van der Waals surface area (Å²) in [6.07, 6.45) is 5.54. The molecule has 1 saturated heterocycles. The van der Waals surface area contributed by atoms with Gasteiger partial charge in [-0.1, -0.05) is 43.4 Å². The fraction of sp³-hybridized carbons (Fsp3) is 0.409. The molecule has 1 aliphatic heterocycles. The zero-order valence-electron chi connectivity index (χ0n) is 16.2. The van der Waals surface area contributed by atoms with Crippen LogP contribution in [0.25, 0.3) is 0 Å². The molecule has 3 atom stereocenters. The van der Waals surface area contributed by atoms with Crippen molar-refractivity contribution in [2.24, 2.45) is 11.8 Å². The maximum atomic E-state index is 13.9. The average Bonchev–Trinajstić information content (AvgIpc) is 2.69. The standard InChI is InChI=1S/C22H24FNO5/c1-14-17(20(26)27)8-4-10-22(14,21(28)29)24-11-5-7-16(13-24)19(25)12-15-6-2-3-9-18(15)23/h2-4,6,8-10,14,16H,5,7,11-13H2,1H3,(H,26,27)(H,28,29). The van der Waals surface area contributed by atoms with Gasteiger partial charge < -0.3 is 10.2 Å². The topological polar surface area (TPSA) is 94.9 Å². The monoisotopic (exact) mass is 401 g/mol. The number of hydrogen-bond acceptors (Lipinski definition) is 4. The van der Waals surface area contributed by atoms with E-state index < -0.39 is 35.1 Å². The molecule has 7 heteroatoms. The van der Waals surface area contributed by atoms with Gasteiger partial charge in [0, 0.05) is 30.4 Å². The van der Waals surface area contributed by atoms with Gasteiger partial charge in [-0.25, -0.2) is 14.0 Å². The number of halogens is 1. The van der Waals surface area contributed by atoms with Crippen LogP contribution in [0.3, 0.4) is 0 Å². The first-order valence-corrected chi connectivity index (χ1v) is 9.64. The first-order valence-electron chi connectivity index (χ1n) is 9.64. The van der Waals surface area contributed by atoms with Gasteiger partial charge in [-0.2, -0.15) is 0 Å². The highest BCUT2D eigenvalue weighted by Crippen LogP contribution is 2.38. The van der Waals surface area contributed by atoms with Crippen molar-refractivity contribution in [3.63, 3.8) is 0 Å². The molecule has 6 nitrogen and oxygen atoms in total. The molecule has 2 aliphatic rings. The van der Waals surface area contributed by atoms with E-state index >= 15 is 0 Å². The zero-order valence-corrected chi connectivity index (χ0v) is 16.2. The van der Waals surface area contributed by atoms with Crippen molar-refractivity contribution in [1.29, 1.82) is 0 Å². The lowest BCUT2D eigenvalue weighted by Crippen LogP contribution is -2.62. The Morgan fingerprint density at radius 2 is 1.97 bits per heavy atom. The van der Waals surface area contributed by atoms with Gasteiger partial charge in [0.05, 0.1) is 0 Å². The van der Waals surface area contributed by atoms with Crippen LogP contribution in [0, 0.1) is 17.7 Å². The van der Waals surface area contributed by atoms with E-state index in [1.807, 2.05) is 0 Å². The molecule has 0 aromatic heterocycles. The number of Topliss-reactive ketones (excluding diaryl/α,β-unsaturated/α-hetero) is 1. The number of allylic oxidation sites excluding steroid dienone is 2. The Kier molecular flexibility index (Phi) is 5.98. The van der Waals surface area contributed by atoms with Crippen LogP contribution in [-0.4, -0.2) is 51.5 Å². The summed E-state index contributed by atoms with van der Waals surface area (Å²) in [5.41, 5.74) is -1.18. The number of carbonyl (C=O) groups is 3. The van der Waals surface area contributed by atoms with Crippen LogP contribution in [0.5, 0.6) is 0 Å². The highest BCUT2D eigenvalue weighted by Gasteiger charge is 2.51. The molecule has 1 aromatic rings. The summed E-state index contributed by atoms with van der Waals surface area (Å²) in [5.74, 6) is -4.09. The second-order valence-electron chi connectivity index (χ2n) is 7.66. The second kappa shape index (κ2) is 8.29. The Morgan fingerprint density at radius 1 is 1.24 bits per heavy atom. The molecule has 1 heterocycles. The SMILES string of the molecule is CC1C(C(=O)O)=CC=CC1(C(=O)O)N1CCCC(C(=O)Cc2ccccc2F)C1. The predicted molar refractivity (Wildman–Crippen MR) is 104 cm³/mol. The van der Waals surface area contributed by atoms with E-state index in [4.69, 9.17) is 0 Å². The number of nitrogens with zero attached hydrogens (tertiary/aromatic N) is 1. The van der Waals surface area contributed by atoms with Crippen molar-refractivity contribution < 1.29 is 29.0 Å². The van der Waals surface area contributed by atoms with E-state index in [0.717, 1.165) is 0 Å². The number of piperidine rings is 1. The van der Waals surface area contributed by atoms with Gasteiger partial charge in [-0.05, 0) is 31.0 Å². The summed E-state index contributed by atoms with van der Waals surface area (Å²) in [7, 11) is 0. The van der Waals surface area contributed by atoms with E-state index in [-0.39, 0.29) is 24.3 Å². The number of carboxylic acid groups (broad SMARTS) is 2. The molecule has 154 valence electrons. The molecular weight excluding hydrogens is 377 g/mol. The molecule has 0 amide bonds. The van der Waals surface area contributed by atoms with Gasteiger partial charge in [-0.15, -0.1) is 0 Å². The molecule has 2 N–H and O–H groups in total. The normalized spacial score (nSPS) is 27.3. The maximum absolute atomic E-state index is 13.9.